The van der Waals surface area contributed by atoms with Crippen LogP contribution in [0.1, 0.15) is 46.9 Å². The Morgan fingerprint density at radius 3 is 2.85 bits per heavy atom. The summed E-state index contributed by atoms with van der Waals surface area (Å²) in [5, 5.41) is 13.0. The van der Waals surface area contributed by atoms with Crippen molar-refractivity contribution in [1.82, 2.24) is 20.1 Å². The molecule has 8 nitrogen and oxygen atoms in total. The van der Waals surface area contributed by atoms with Crippen LogP contribution in [0.25, 0.3) is 0 Å². The van der Waals surface area contributed by atoms with Crippen LogP contribution in [0, 0.1) is 5.82 Å². The summed E-state index contributed by atoms with van der Waals surface area (Å²) in [5.41, 5.74) is 1.10. The number of halogens is 1. The fourth-order valence-corrected chi connectivity index (χ4v) is 3.51. The third-order valence-corrected chi connectivity index (χ3v) is 5.04. The van der Waals surface area contributed by atoms with E-state index in [0.717, 1.165) is 31.5 Å². The molecule has 0 unspecified atom stereocenters. The van der Waals surface area contributed by atoms with Crippen LogP contribution in [-0.2, 0) is 18.3 Å². The molecule has 0 saturated carbocycles. The molecule has 27 heavy (non-hydrogen) atoms. The Kier molecular flexibility index (Phi) is 4.61. The van der Waals surface area contributed by atoms with Crippen LogP contribution in [0.4, 0.5) is 16.0 Å². The molecule has 0 radical (unpaired) electrons. The first-order valence-electron chi connectivity index (χ1n) is 9.06. The highest BCUT2D eigenvalue weighted by molar-refractivity contribution is 6.04. The summed E-state index contributed by atoms with van der Waals surface area (Å²) in [6, 6.07) is 2.68. The molecule has 2 aliphatic rings. The van der Waals surface area contributed by atoms with Gasteiger partial charge in [0.15, 0.2) is 5.82 Å². The average Bonchev–Trinajstić information content (AvgIpc) is 3.02. The number of amides is 2. The molecule has 2 aliphatic heterocycles. The molecule has 2 aromatic rings. The van der Waals surface area contributed by atoms with Gasteiger partial charge in [-0.15, -0.1) is 0 Å². The van der Waals surface area contributed by atoms with Gasteiger partial charge in [-0.1, -0.05) is 0 Å². The smallest absolute Gasteiger partial charge is 0.260 e. The summed E-state index contributed by atoms with van der Waals surface area (Å²) in [6.07, 6.45) is 2.69. The third-order valence-electron chi connectivity index (χ3n) is 5.04. The number of aromatic nitrogens is 3. The molecule has 1 fully saturated rings. The van der Waals surface area contributed by atoms with Crippen molar-refractivity contribution in [2.45, 2.75) is 31.6 Å². The molecule has 0 bridgehead atoms. The zero-order chi connectivity index (χ0) is 19.0. The lowest BCUT2D eigenvalue weighted by molar-refractivity contribution is -0.116. The molecule has 4 rings (SSSR count). The van der Waals surface area contributed by atoms with Crippen LogP contribution < -0.4 is 16.0 Å². The minimum absolute atomic E-state index is 0.0729. The predicted molar refractivity (Wildman–Crippen MR) is 97.2 cm³/mol. The van der Waals surface area contributed by atoms with Crippen molar-refractivity contribution in [2.24, 2.45) is 7.05 Å². The fraction of sp³-hybridized carbons (Fsp3) is 0.444. The van der Waals surface area contributed by atoms with E-state index in [2.05, 4.69) is 26.0 Å². The molecule has 1 saturated heterocycles. The van der Waals surface area contributed by atoms with Gasteiger partial charge in [0.1, 0.15) is 5.82 Å². The largest absolute Gasteiger partial charge is 0.326 e. The summed E-state index contributed by atoms with van der Waals surface area (Å²) < 4.78 is 15.9. The summed E-state index contributed by atoms with van der Waals surface area (Å²) in [4.78, 5) is 28.5. The Hall–Kier alpha value is -2.81. The van der Waals surface area contributed by atoms with Gasteiger partial charge in [-0.05, 0) is 50.0 Å². The van der Waals surface area contributed by atoms with Gasteiger partial charge in [-0.25, -0.2) is 9.07 Å². The topological polar surface area (TPSA) is 101 Å². The number of fused-ring (bicyclic) bond motifs is 1. The van der Waals surface area contributed by atoms with Gasteiger partial charge in [-0.2, -0.15) is 10.1 Å². The lowest BCUT2D eigenvalue weighted by atomic mass is 9.98. The fourth-order valence-electron chi connectivity index (χ4n) is 3.51. The predicted octanol–water partition coefficient (Wildman–Crippen LogP) is 1.56. The normalized spacial score (nSPS) is 17.3. The number of benzene rings is 1. The van der Waals surface area contributed by atoms with Crippen molar-refractivity contribution in [3.63, 3.8) is 0 Å². The van der Waals surface area contributed by atoms with Crippen LogP contribution in [0.2, 0.25) is 0 Å². The molecule has 2 amide bonds. The molecule has 9 heteroatoms. The van der Waals surface area contributed by atoms with Crippen molar-refractivity contribution in [2.75, 3.05) is 23.7 Å². The van der Waals surface area contributed by atoms with Gasteiger partial charge in [0, 0.05) is 25.1 Å². The summed E-state index contributed by atoms with van der Waals surface area (Å²) >= 11 is 0. The second-order valence-electron chi connectivity index (χ2n) is 6.93. The highest BCUT2D eigenvalue weighted by Crippen LogP contribution is 2.27. The number of carbonyl (C=O) groups excluding carboxylic acids is 2. The van der Waals surface area contributed by atoms with Crippen LogP contribution in [0.5, 0.6) is 0 Å². The van der Waals surface area contributed by atoms with Crippen LogP contribution in [-0.4, -0.2) is 39.7 Å². The van der Waals surface area contributed by atoms with Gasteiger partial charge >= 0.3 is 0 Å². The van der Waals surface area contributed by atoms with E-state index in [0.29, 0.717) is 30.3 Å². The minimum Gasteiger partial charge on any atom is -0.326 e. The average molecular weight is 372 g/mol. The first-order valence-corrected chi connectivity index (χ1v) is 9.06. The standard InChI is InChI=1S/C18H21FN6O2/c1-25-18(22-16(24-25)10-4-6-20-7-5-10)23-17(27)12-8-11-2-3-15(26)21-14(11)9-13(12)19/h8-10,20H,2-7H2,1H3,(H,21,26)(H,22,23,24,27). The zero-order valence-corrected chi connectivity index (χ0v) is 15.0. The molecular weight excluding hydrogens is 351 g/mol. The Morgan fingerprint density at radius 1 is 1.30 bits per heavy atom. The number of carbonyl (C=O) groups is 2. The second-order valence-corrected chi connectivity index (χ2v) is 6.93. The van der Waals surface area contributed by atoms with Gasteiger partial charge in [0.2, 0.25) is 11.9 Å². The van der Waals surface area contributed by atoms with E-state index in [-0.39, 0.29) is 17.4 Å². The van der Waals surface area contributed by atoms with Gasteiger partial charge in [-0.3, -0.25) is 14.9 Å². The van der Waals surface area contributed by atoms with E-state index in [1.807, 2.05) is 0 Å². The molecule has 1 aromatic heterocycles. The van der Waals surface area contributed by atoms with Gasteiger partial charge in [0.05, 0.1) is 5.56 Å². The number of hydrogen-bond acceptors (Lipinski definition) is 5. The van der Waals surface area contributed by atoms with E-state index < -0.39 is 11.7 Å². The number of piperidine rings is 1. The molecule has 0 spiro atoms. The Morgan fingerprint density at radius 2 is 2.07 bits per heavy atom. The van der Waals surface area contributed by atoms with Crippen LogP contribution in [0.3, 0.4) is 0 Å². The van der Waals surface area contributed by atoms with Crippen LogP contribution in [0.15, 0.2) is 12.1 Å². The highest BCUT2D eigenvalue weighted by Gasteiger charge is 2.24. The van der Waals surface area contributed by atoms with E-state index in [1.165, 1.54) is 16.8 Å². The number of rotatable bonds is 3. The van der Waals surface area contributed by atoms with Crippen molar-refractivity contribution < 1.29 is 14.0 Å². The number of aryl methyl sites for hydroxylation is 2. The lowest BCUT2D eigenvalue weighted by Gasteiger charge is -2.19. The maximum atomic E-state index is 14.4. The quantitative estimate of drug-likeness (QED) is 0.759. The maximum Gasteiger partial charge on any atom is 0.260 e. The molecular formula is C18H21FN6O2. The maximum absolute atomic E-state index is 14.4. The monoisotopic (exact) mass is 372 g/mol. The van der Waals surface area contributed by atoms with E-state index in [4.69, 9.17) is 0 Å². The zero-order valence-electron chi connectivity index (χ0n) is 15.0. The Balaban J connectivity index is 1.54. The van der Waals surface area contributed by atoms with E-state index in [9.17, 15) is 14.0 Å². The highest BCUT2D eigenvalue weighted by atomic mass is 19.1. The summed E-state index contributed by atoms with van der Waals surface area (Å²) in [5.74, 6) is -0.175. The van der Waals surface area contributed by atoms with Crippen molar-refractivity contribution in [3.8, 4) is 0 Å². The first kappa shape index (κ1) is 17.6. The summed E-state index contributed by atoms with van der Waals surface area (Å²) in [7, 11) is 1.70. The van der Waals surface area contributed by atoms with Crippen molar-refractivity contribution >= 4 is 23.5 Å². The Labute approximate surface area is 155 Å². The molecule has 3 N–H and O–H groups in total. The Bertz CT molecular complexity index is 903. The van der Waals surface area contributed by atoms with Gasteiger partial charge in [0.25, 0.3) is 5.91 Å². The number of anilines is 2. The van der Waals surface area contributed by atoms with Crippen molar-refractivity contribution in [1.29, 1.82) is 0 Å². The van der Waals surface area contributed by atoms with E-state index in [1.54, 1.807) is 7.05 Å². The first-order chi connectivity index (χ1) is 13.0. The van der Waals surface area contributed by atoms with Gasteiger partial charge < -0.3 is 10.6 Å². The number of nitrogens with one attached hydrogen (secondary N) is 3. The van der Waals surface area contributed by atoms with Crippen LogP contribution >= 0.6 is 0 Å². The summed E-state index contributed by atoms with van der Waals surface area (Å²) in [6.45, 7) is 1.84. The number of hydrogen-bond donors (Lipinski definition) is 3. The second kappa shape index (κ2) is 7.07. The van der Waals surface area contributed by atoms with E-state index >= 15 is 0 Å². The third kappa shape index (κ3) is 3.55. The molecule has 142 valence electrons. The molecule has 1 aromatic carbocycles. The molecule has 3 heterocycles. The lowest BCUT2D eigenvalue weighted by Crippen LogP contribution is -2.27. The molecule has 0 aliphatic carbocycles. The molecule has 0 atom stereocenters. The SMILES string of the molecule is Cn1nc(C2CCNCC2)nc1NC(=O)c1cc2c(cc1F)NC(=O)CC2. The minimum atomic E-state index is -0.686. The number of nitrogens with zero attached hydrogens (tertiary/aromatic N) is 3. The van der Waals surface area contributed by atoms with Crippen molar-refractivity contribution in [3.05, 3.63) is 34.9 Å².